The van der Waals surface area contributed by atoms with Crippen LogP contribution in [0.4, 0.5) is 0 Å². The monoisotopic (exact) mass is 307 g/mol. The molecule has 0 atom stereocenters. The summed E-state index contributed by atoms with van der Waals surface area (Å²) >= 11 is 0. The Hall–Kier alpha value is 0.477. The molecule has 0 aliphatic carbocycles. The van der Waals surface area contributed by atoms with Crippen molar-refractivity contribution in [2.75, 3.05) is 26.2 Å². The Morgan fingerprint density at radius 1 is 0.409 bits per heavy atom. The van der Waals surface area contributed by atoms with Crippen molar-refractivity contribution >= 4 is 18.9 Å². The van der Waals surface area contributed by atoms with Crippen molar-refractivity contribution in [3.05, 3.63) is 0 Å². The van der Waals surface area contributed by atoms with Gasteiger partial charge in [0.1, 0.15) is 0 Å². The molecule has 0 fully saturated rings. The van der Waals surface area contributed by atoms with E-state index in [1.54, 1.807) is 0 Å². The van der Waals surface area contributed by atoms with Crippen LogP contribution in [0.2, 0.25) is 0 Å². The normalized spacial score (nSPS) is 10.6. The molecule has 0 amide bonds. The van der Waals surface area contributed by atoms with Crippen molar-refractivity contribution in [2.45, 2.75) is 89.9 Å². The zero-order chi connectivity index (χ0) is 15.4. The van der Waals surface area contributed by atoms with Crippen LogP contribution < -0.4 is 16.8 Å². The van der Waals surface area contributed by atoms with Gasteiger partial charge in [0.2, 0.25) is 0 Å². The van der Waals surface area contributed by atoms with Crippen LogP contribution in [-0.2, 0) is 0 Å². The first kappa shape index (κ1) is 24.7. The van der Waals surface area contributed by atoms with Crippen LogP contribution in [0.5, 0.6) is 0 Å². The van der Waals surface area contributed by atoms with Gasteiger partial charge in [-0.15, -0.1) is 0 Å². The molecule has 0 radical (unpaired) electrons. The third kappa shape index (κ3) is 22.8. The first-order chi connectivity index (χ1) is 10.4. The Balaban J connectivity index is 0. The molecule has 0 aliphatic heterocycles. The molecule has 0 aromatic heterocycles. The van der Waals surface area contributed by atoms with E-state index >= 15 is 0 Å². The second-order valence-corrected chi connectivity index (χ2v) is 6.28. The zero-order valence-corrected chi connectivity index (χ0v) is 14.4. The van der Waals surface area contributed by atoms with Crippen molar-refractivity contribution in [3.8, 4) is 0 Å². The molecule has 0 heterocycles. The molecule has 22 heavy (non-hydrogen) atoms. The quantitative estimate of drug-likeness (QED) is 0.269. The predicted molar refractivity (Wildman–Crippen MR) is 103 cm³/mol. The minimum absolute atomic E-state index is 0. The van der Waals surface area contributed by atoms with Crippen molar-refractivity contribution in [1.82, 2.24) is 5.32 Å². The fourth-order valence-corrected chi connectivity index (χ4v) is 2.68. The number of hydrogen-bond acceptors (Lipinski definition) is 3. The Kier molecular flexibility index (Phi) is 26.7. The van der Waals surface area contributed by atoms with Gasteiger partial charge < -0.3 is 16.8 Å². The van der Waals surface area contributed by atoms with Gasteiger partial charge in [-0.25, -0.2) is 0 Å². The van der Waals surface area contributed by atoms with Gasteiger partial charge in [-0.3, -0.25) is 0 Å². The number of unbranched alkanes of at least 4 members (excludes halogenated alkanes) is 12. The van der Waals surface area contributed by atoms with Crippen LogP contribution in [0.3, 0.4) is 0 Å². The Labute approximate surface area is 151 Å². The maximum atomic E-state index is 5.48. The van der Waals surface area contributed by atoms with Crippen LogP contribution in [-0.4, -0.2) is 45.0 Å². The van der Waals surface area contributed by atoms with E-state index in [9.17, 15) is 0 Å². The molecule has 3 nitrogen and oxygen atoms in total. The van der Waals surface area contributed by atoms with Crippen molar-refractivity contribution in [2.24, 2.45) is 11.5 Å². The van der Waals surface area contributed by atoms with Crippen molar-refractivity contribution in [3.63, 3.8) is 0 Å². The summed E-state index contributed by atoms with van der Waals surface area (Å²) in [5, 5.41) is 3.57. The first-order valence-corrected chi connectivity index (χ1v) is 9.52. The van der Waals surface area contributed by atoms with Gasteiger partial charge in [-0.1, -0.05) is 64.2 Å². The average molecular weight is 307 g/mol. The third-order valence-electron chi connectivity index (χ3n) is 4.12. The Morgan fingerprint density at radius 2 is 0.682 bits per heavy atom. The molecular weight excluding hydrogens is 265 g/mol. The van der Waals surface area contributed by atoms with Crippen LogP contribution >= 0.6 is 0 Å². The molecule has 0 saturated carbocycles. The third-order valence-corrected chi connectivity index (χ3v) is 4.12. The first-order valence-electron chi connectivity index (χ1n) is 9.52. The zero-order valence-electron chi connectivity index (χ0n) is 14.4. The fourth-order valence-electron chi connectivity index (χ4n) is 2.68. The van der Waals surface area contributed by atoms with Gasteiger partial charge in [-0.05, 0) is 51.9 Å². The summed E-state index contributed by atoms with van der Waals surface area (Å²) in [6.07, 6.45) is 18.8. The number of nitrogens with one attached hydrogen (secondary N) is 1. The molecule has 4 heteroatoms. The summed E-state index contributed by atoms with van der Waals surface area (Å²) in [5.41, 5.74) is 11.0. The molecule has 0 aromatic carbocycles. The summed E-state index contributed by atoms with van der Waals surface area (Å²) in [6, 6.07) is 0. The van der Waals surface area contributed by atoms with Gasteiger partial charge in [0.05, 0.1) is 0 Å². The van der Waals surface area contributed by atoms with E-state index in [1.807, 2.05) is 0 Å². The van der Waals surface area contributed by atoms with Crippen LogP contribution in [0.25, 0.3) is 0 Å². The van der Waals surface area contributed by atoms with Crippen LogP contribution in [0, 0.1) is 0 Å². The molecule has 0 rings (SSSR count). The van der Waals surface area contributed by atoms with Crippen LogP contribution in [0.1, 0.15) is 89.9 Å². The summed E-state index contributed by atoms with van der Waals surface area (Å²) in [4.78, 5) is 0. The molecule has 0 spiro atoms. The van der Waals surface area contributed by atoms with E-state index in [2.05, 4.69) is 5.32 Å². The summed E-state index contributed by atoms with van der Waals surface area (Å²) in [5.74, 6) is 0. The molecule has 5 N–H and O–H groups in total. The SMILES string of the molecule is NCCCCCCCCCNCCCCCCCCCN.[LiH]. The summed E-state index contributed by atoms with van der Waals surface area (Å²) in [6.45, 7) is 4.13. The van der Waals surface area contributed by atoms with Gasteiger partial charge in [0, 0.05) is 0 Å². The number of nitrogens with two attached hydrogens (primary N) is 2. The Morgan fingerprint density at radius 3 is 1.00 bits per heavy atom. The molecular formula is C18H42LiN3. The summed E-state index contributed by atoms with van der Waals surface area (Å²) in [7, 11) is 0. The number of hydrogen-bond donors (Lipinski definition) is 3. The topological polar surface area (TPSA) is 64.1 Å². The molecule has 0 unspecified atom stereocenters. The van der Waals surface area contributed by atoms with E-state index < -0.39 is 0 Å². The van der Waals surface area contributed by atoms with E-state index in [0.29, 0.717) is 0 Å². The van der Waals surface area contributed by atoms with Gasteiger partial charge in [0.15, 0.2) is 0 Å². The number of rotatable bonds is 18. The predicted octanol–water partition coefficient (Wildman–Crippen LogP) is 3.31. The molecule has 0 saturated heterocycles. The molecule has 0 aliphatic rings. The van der Waals surface area contributed by atoms with Gasteiger partial charge >= 0.3 is 18.9 Å². The second-order valence-electron chi connectivity index (χ2n) is 6.28. The second kappa shape index (κ2) is 23.7. The van der Waals surface area contributed by atoms with Crippen molar-refractivity contribution < 1.29 is 0 Å². The standard InChI is InChI=1S/C18H41N3.Li.H/c19-15-11-7-3-1-5-9-13-17-21-18-14-10-6-2-4-8-12-16-20;;/h21H,1-20H2;;. The Bertz CT molecular complexity index is 162. The van der Waals surface area contributed by atoms with E-state index in [-0.39, 0.29) is 18.9 Å². The fraction of sp³-hybridized carbons (Fsp3) is 1.00. The molecule has 0 bridgehead atoms. The average Bonchev–Trinajstić information content (AvgIpc) is 2.50. The maximum absolute atomic E-state index is 5.48. The van der Waals surface area contributed by atoms with E-state index in [1.165, 1.54) is 103 Å². The molecule has 130 valence electrons. The van der Waals surface area contributed by atoms with Gasteiger partial charge in [0.25, 0.3) is 0 Å². The van der Waals surface area contributed by atoms with Gasteiger partial charge in [-0.2, -0.15) is 0 Å². The van der Waals surface area contributed by atoms with E-state index in [4.69, 9.17) is 11.5 Å². The van der Waals surface area contributed by atoms with E-state index in [0.717, 1.165) is 13.1 Å². The van der Waals surface area contributed by atoms with Crippen LogP contribution in [0.15, 0.2) is 0 Å². The van der Waals surface area contributed by atoms with Crippen molar-refractivity contribution in [1.29, 1.82) is 0 Å². The minimum atomic E-state index is 0. The molecule has 0 aromatic rings. The summed E-state index contributed by atoms with van der Waals surface area (Å²) < 4.78 is 0.